The summed E-state index contributed by atoms with van der Waals surface area (Å²) in [5.74, 6) is 0.187. The van der Waals surface area contributed by atoms with Crippen LogP contribution in [0.4, 0.5) is 5.69 Å². The molecule has 0 aliphatic carbocycles. The lowest BCUT2D eigenvalue weighted by atomic mass is 10.2. The fourth-order valence-electron chi connectivity index (χ4n) is 1.66. The van der Waals surface area contributed by atoms with E-state index in [1.54, 1.807) is 25.1 Å². The summed E-state index contributed by atoms with van der Waals surface area (Å²) in [6.07, 6.45) is 2.07. The van der Waals surface area contributed by atoms with Gasteiger partial charge in [0.15, 0.2) is 0 Å². The minimum Gasteiger partial charge on any atom is -0.489 e. The number of carbonyl (C=O) groups is 1. The number of nitrogens with two attached hydrogens (primary N) is 1. The van der Waals surface area contributed by atoms with Crippen molar-refractivity contribution in [2.24, 2.45) is 0 Å². The zero-order valence-electron chi connectivity index (χ0n) is 11.2. The van der Waals surface area contributed by atoms with Gasteiger partial charge in [-0.25, -0.2) is 4.79 Å². The Hall–Kier alpha value is -1.71. The lowest BCUT2D eigenvalue weighted by Crippen LogP contribution is -2.13. The van der Waals surface area contributed by atoms with Crippen molar-refractivity contribution in [3.05, 3.63) is 23.8 Å². The Morgan fingerprint density at radius 1 is 1.39 bits per heavy atom. The lowest BCUT2D eigenvalue weighted by Gasteiger charge is -2.16. The van der Waals surface area contributed by atoms with Gasteiger partial charge in [-0.1, -0.05) is 13.3 Å². The smallest absolute Gasteiger partial charge is 0.338 e. The van der Waals surface area contributed by atoms with E-state index in [0.29, 0.717) is 23.6 Å². The van der Waals surface area contributed by atoms with E-state index < -0.39 is 0 Å². The minimum absolute atomic E-state index is 0.0785. The van der Waals surface area contributed by atoms with Gasteiger partial charge in [-0.05, 0) is 38.5 Å². The Morgan fingerprint density at radius 2 is 2.11 bits per heavy atom. The molecule has 0 saturated heterocycles. The molecule has 0 spiro atoms. The van der Waals surface area contributed by atoms with E-state index in [0.717, 1.165) is 12.8 Å². The number of esters is 1. The Balaban J connectivity index is 2.84. The molecular weight excluding hydrogens is 230 g/mol. The SMILES string of the molecule is CCCC(C)Oc1cc(C(=O)OCC)ccc1N. The summed E-state index contributed by atoms with van der Waals surface area (Å²) in [5, 5.41) is 0. The van der Waals surface area contributed by atoms with Crippen LogP contribution in [-0.4, -0.2) is 18.7 Å². The fraction of sp³-hybridized carbons (Fsp3) is 0.500. The van der Waals surface area contributed by atoms with E-state index in [9.17, 15) is 4.79 Å². The summed E-state index contributed by atoms with van der Waals surface area (Å²) in [4.78, 5) is 11.6. The molecule has 0 saturated carbocycles. The van der Waals surface area contributed by atoms with Crippen LogP contribution in [0.15, 0.2) is 18.2 Å². The van der Waals surface area contributed by atoms with Crippen LogP contribution in [0.2, 0.25) is 0 Å². The minimum atomic E-state index is -0.356. The molecule has 0 aromatic heterocycles. The molecule has 0 heterocycles. The summed E-state index contributed by atoms with van der Waals surface area (Å²) in [5.41, 5.74) is 6.83. The normalized spacial score (nSPS) is 11.9. The number of rotatable bonds is 6. The van der Waals surface area contributed by atoms with Crippen molar-refractivity contribution in [3.8, 4) is 5.75 Å². The maximum absolute atomic E-state index is 11.6. The zero-order valence-corrected chi connectivity index (χ0v) is 11.2. The van der Waals surface area contributed by atoms with E-state index in [1.807, 2.05) is 6.92 Å². The van der Waals surface area contributed by atoms with E-state index in [4.69, 9.17) is 15.2 Å². The quantitative estimate of drug-likeness (QED) is 0.623. The molecule has 0 radical (unpaired) electrons. The van der Waals surface area contributed by atoms with E-state index in [-0.39, 0.29) is 12.1 Å². The third-order valence-electron chi connectivity index (χ3n) is 2.55. The number of anilines is 1. The molecule has 4 nitrogen and oxygen atoms in total. The van der Waals surface area contributed by atoms with Crippen LogP contribution in [0.5, 0.6) is 5.75 Å². The first-order chi connectivity index (χ1) is 8.58. The molecule has 4 heteroatoms. The molecule has 1 unspecified atom stereocenters. The van der Waals surface area contributed by atoms with E-state index in [1.165, 1.54) is 0 Å². The molecule has 0 fully saturated rings. The van der Waals surface area contributed by atoms with Crippen molar-refractivity contribution < 1.29 is 14.3 Å². The summed E-state index contributed by atoms with van der Waals surface area (Å²) in [7, 11) is 0. The van der Waals surface area contributed by atoms with Gasteiger partial charge in [-0.3, -0.25) is 0 Å². The monoisotopic (exact) mass is 251 g/mol. The van der Waals surface area contributed by atoms with Gasteiger partial charge in [-0.2, -0.15) is 0 Å². The number of nitrogen functional groups attached to an aromatic ring is 1. The van der Waals surface area contributed by atoms with Crippen LogP contribution in [0.25, 0.3) is 0 Å². The molecule has 1 rings (SSSR count). The number of carbonyl (C=O) groups excluding carboxylic acids is 1. The van der Waals surface area contributed by atoms with Crippen LogP contribution in [-0.2, 0) is 4.74 Å². The maximum atomic E-state index is 11.6. The van der Waals surface area contributed by atoms with Crippen molar-refractivity contribution in [1.82, 2.24) is 0 Å². The van der Waals surface area contributed by atoms with E-state index >= 15 is 0 Å². The molecule has 1 atom stereocenters. The van der Waals surface area contributed by atoms with Gasteiger partial charge in [-0.15, -0.1) is 0 Å². The second-order valence-electron chi connectivity index (χ2n) is 4.19. The summed E-state index contributed by atoms with van der Waals surface area (Å²) >= 11 is 0. The fourth-order valence-corrected chi connectivity index (χ4v) is 1.66. The number of benzene rings is 1. The van der Waals surface area contributed by atoms with Crippen molar-refractivity contribution in [1.29, 1.82) is 0 Å². The molecule has 100 valence electrons. The molecule has 0 amide bonds. The van der Waals surface area contributed by atoms with Gasteiger partial charge in [0.1, 0.15) is 5.75 Å². The highest BCUT2D eigenvalue weighted by Crippen LogP contribution is 2.25. The summed E-state index contributed by atoms with van der Waals surface area (Å²) in [6.45, 7) is 6.21. The first-order valence-corrected chi connectivity index (χ1v) is 6.31. The first-order valence-electron chi connectivity index (χ1n) is 6.31. The van der Waals surface area contributed by atoms with Crippen LogP contribution in [0.3, 0.4) is 0 Å². The molecule has 1 aromatic carbocycles. The predicted octanol–water partition coefficient (Wildman–Crippen LogP) is 3.01. The molecule has 1 aromatic rings. The van der Waals surface area contributed by atoms with Gasteiger partial charge >= 0.3 is 5.97 Å². The Kier molecular flexibility index (Phi) is 5.49. The third-order valence-corrected chi connectivity index (χ3v) is 2.55. The Bertz CT molecular complexity index is 404. The summed E-state index contributed by atoms with van der Waals surface area (Å²) in [6, 6.07) is 4.95. The van der Waals surface area contributed by atoms with Gasteiger partial charge in [0, 0.05) is 0 Å². The average Bonchev–Trinajstić information content (AvgIpc) is 2.32. The summed E-state index contributed by atoms with van der Waals surface area (Å²) < 4.78 is 10.7. The maximum Gasteiger partial charge on any atom is 0.338 e. The van der Waals surface area contributed by atoms with Gasteiger partial charge in [0.2, 0.25) is 0 Å². The highest BCUT2D eigenvalue weighted by atomic mass is 16.5. The molecule has 18 heavy (non-hydrogen) atoms. The predicted molar refractivity (Wildman–Crippen MR) is 71.8 cm³/mol. The molecule has 2 N–H and O–H groups in total. The topological polar surface area (TPSA) is 61.5 Å². The van der Waals surface area contributed by atoms with Gasteiger partial charge in [0.05, 0.1) is 24.0 Å². The third kappa shape index (κ3) is 3.95. The molecule has 0 aliphatic heterocycles. The highest BCUT2D eigenvalue weighted by Gasteiger charge is 2.12. The van der Waals surface area contributed by atoms with Crippen LogP contribution < -0.4 is 10.5 Å². The second kappa shape index (κ2) is 6.89. The molecule has 0 aliphatic rings. The standard InChI is InChI=1S/C14H21NO3/c1-4-6-10(3)18-13-9-11(7-8-12(13)15)14(16)17-5-2/h7-10H,4-6,15H2,1-3H3. The van der Waals surface area contributed by atoms with Crippen molar-refractivity contribution in [3.63, 3.8) is 0 Å². The zero-order chi connectivity index (χ0) is 13.5. The number of ether oxygens (including phenoxy) is 2. The van der Waals surface area contributed by atoms with E-state index in [2.05, 4.69) is 6.92 Å². The van der Waals surface area contributed by atoms with Crippen molar-refractivity contribution >= 4 is 11.7 Å². The highest BCUT2D eigenvalue weighted by molar-refractivity contribution is 5.90. The van der Waals surface area contributed by atoms with Crippen LogP contribution in [0.1, 0.15) is 44.0 Å². The average molecular weight is 251 g/mol. The Labute approximate surface area is 108 Å². The number of hydrogen-bond donors (Lipinski definition) is 1. The number of hydrogen-bond acceptors (Lipinski definition) is 4. The Morgan fingerprint density at radius 3 is 2.72 bits per heavy atom. The van der Waals surface area contributed by atoms with Crippen LogP contribution >= 0.6 is 0 Å². The van der Waals surface area contributed by atoms with Crippen molar-refractivity contribution in [2.75, 3.05) is 12.3 Å². The lowest BCUT2D eigenvalue weighted by molar-refractivity contribution is 0.0525. The van der Waals surface area contributed by atoms with Gasteiger partial charge in [0.25, 0.3) is 0 Å². The van der Waals surface area contributed by atoms with Crippen molar-refractivity contribution in [2.45, 2.75) is 39.7 Å². The second-order valence-corrected chi connectivity index (χ2v) is 4.19. The first kappa shape index (κ1) is 14.4. The van der Waals surface area contributed by atoms with Gasteiger partial charge < -0.3 is 15.2 Å². The van der Waals surface area contributed by atoms with Crippen LogP contribution in [0, 0.1) is 0 Å². The molecular formula is C14H21NO3. The largest absolute Gasteiger partial charge is 0.489 e. The molecule has 0 bridgehead atoms.